The Kier molecular flexibility index (Phi) is 4.13. The molecule has 0 fully saturated rings. The highest BCUT2D eigenvalue weighted by atomic mass is 16.4. The first kappa shape index (κ1) is 13.1. The number of nitrogens with two attached hydrogens (primary N) is 1. The lowest BCUT2D eigenvalue weighted by Gasteiger charge is -2.16. The Morgan fingerprint density at radius 2 is 2.00 bits per heavy atom. The summed E-state index contributed by atoms with van der Waals surface area (Å²) < 4.78 is 0. The van der Waals surface area contributed by atoms with Crippen molar-refractivity contribution in [1.29, 1.82) is 0 Å². The molecular formula is C10H12N2O5. The molecule has 2 unspecified atom stereocenters. The van der Waals surface area contributed by atoms with Crippen molar-refractivity contribution < 1.29 is 24.9 Å². The van der Waals surface area contributed by atoms with Gasteiger partial charge in [-0.1, -0.05) is 6.07 Å². The highest BCUT2D eigenvalue weighted by Crippen LogP contribution is 2.18. The predicted molar refractivity (Wildman–Crippen MR) is 56.0 cm³/mol. The number of carboxylic acid groups (broad SMARTS) is 1. The van der Waals surface area contributed by atoms with Crippen molar-refractivity contribution in [3.8, 4) is 0 Å². The summed E-state index contributed by atoms with van der Waals surface area (Å²) in [7, 11) is 0. The monoisotopic (exact) mass is 240 g/mol. The maximum atomic E-state index is 10.5. The molecule has 0 bridgehead atoms. The van der Waals surface area contributed by atoms with E-state index in [1.807, 2.05) is 0 Å². The van der Waals surface area contributed by atoms with Crippen LogP contribution in [0, 0.1) is 0 Å². The smallest absolute Gasteiger partial charge is 0.354 e. The van der Waals surface area contributed by atoms with E-state index in [0.717, 1.165) is 6.20 Å². The number of rotatable bonds is 5. The highest BCUT2D eigenvalue weighted by molar-refractivity contribution is 5.85. The van der Waals surface area contributed by atoms with Gasteiger partial charge in [-0.3, -0.25) is 4.79 Å². The number of aromatic nitrogens is 1. The SMILES string of the molecule is NC(=O)CC(O)C(O)c1ccc(C(=O)O)nc1. The van der Waals surface area contributed by atoms with E-state index in [1.165, 1.54) is 12.1 Å². The zero-order valence-electron chi connectivity index (χ0n) is 8.78. The number of amides is 1. The van der Waals surface area contributed by atoms with Crippen molar-refractivity contribution in [2.24, 2.45) is 5.73 Å². The number of aromatic carboxylic acids is 1. The van der Waals surface area contributed by atoms with E-state index in [1.54, 1.807) is 0 Å². The second-order valence-electron chi connectivity index (χ2n) is 3.46. The van der Waals surface area contributed by atoms with Crippen LogP contribution in [-0.2, 0) is 4.79 Å². The Labute approximate surface area is 96.5 Å². The molecule has 1 heterocycles. The number of pyridine rings is 1. The van der Waals surface area contributed by atoms with Gasteiger partial charge in [-0.15, -0.1) is 0 Å². The summed E-state index contributed by atoms with van der Waals surface area (Å²) in [5.74, 6) is -1.93. The summed E-state index contributed by atoms with van der Waals surface area (Å²) >= 11 is 0. The lowest BCUT2D eigenvalue weighted by atomic mass is 10.0. The summed E-state index contributed by atoms with van der Waals surface area (Å²) in [4.78, 5) is 24.6. The second-order valence-corrected chi connectivity index (χ2v) is 3.46. The van der Waals surface area contributed by atoms with Crippen molar-refractivity contribution >= 4 is 11.9 Å². The number of carbonyl (C=O) groups excluding carboxylic acids is 1. The Morgan fingerprint density at radius 1 is 1.35 bits per heavy atom. The van der Waals surface area contributed by atoms with Gasteiger partial charge in [0.25, 0.3) is 0 Å². The fourth-order valence-electron chi connectivity index (χ4n) is 1.25. The molecule has 1 amide bonds. The number of hydrogen-bond donors (Lipinski definition) is 4. The number of carbonyl (C=O) groups is 2. The van der Waals surface area contributed by atoms with E-state index < -0.39 is 24.1 Å². The van der Waals surface area contributed by atoms with Gasteiger partial charge in [0, 0.05) is 11.8 Å². The van der Waals surface area contributed by atoms with E-state index in [2.05, 4.69) is 4.98 Å². The van der Waals surface area contributed by atoms with Crippen LogP contribution in [0.2, 0.25) is 0 Å². The molecule has 0 aliphatic carbocycles. The summed E-state index contributed by atoms with van der Waals surface area (Å²) in [6.45, 7) is 0. The van der Waals surface area contributed by atoms with Gasteiger partial charge in [0.2, 0.25) is 5.91 Å². The molecule has 0 aromatic carbocycles. The number of aliphatic hydroxyl groups excluding tert-OH is 2. The second kappa shape index (κ2) is 5.37. The lowest BCUT2D eigenvalue weighted by Crippen LogP contribution is -2.25. The predicted octanol–water partition coefficient (Wildman–Crippen LogP) is -0.951. The molecule has 0 saturated heterocycles. The molecule has 2 atom stereocenters. The Hall–Kier alpha value is -1.99. The van der Waals surface area contributed by atoms with E-state index in [0.29, 0.717) is 0 Å². The van der Waals surface area contributed by atoms with E-state index in [4.69, 9.17) is 10.8 Å². The average molecular weight is 240 g/mol. The number of primary amides is 1. The van der Waals surface area contributed by atoms with Crippen LogP contribution in [0.15, 0.2) is 18.3 Å². The van der Waals surface area contributed by atoms with Crippen LogP contribution < -0.4 is 5.73 Å². The van der Waals surface area contributed by atoms with Crippen molar-refractivity contribution in [1.82, 2.24) is 4.98 Å². The summed E-state index contributed by atoms with van der Waals surface area (Å²) in [6, 6.07) is 2.50. The van der Waals surface area contributed by atoms with Gasteiger partial charge in [0.1, 0.15) is 11.8 Å². The van der Waals surface area contributed by atoms with E-state index >= 15 is 0 Å². The van der Waals surface area contributed by atoms with Crippen molar-refractivity contribution in [3.05, 3.63) is 29.6 Å². The molecule has 1 aromatic rings. The maximum Gasteiger partial charge on any atom is 0.354 e. The summed E-state index contributed by atoms with van der Waals surface area (Å²) in [5, 5.41) is 27.7. The summed E-state index contributed by atoms with van der Waals surface area (Å²) in [6.07, 6.45) is -1.94. The van der Waals surface area contributed by atoms with Crippen LogP contribution in [0.1, 0.15) is 28.6 Å². The zero-order valence-corrected chi connectivity index (χ0v) is 8.78. The lowest BCUT2D eigenvalue weighted by molar-refractivity contribution is -0.121. The standard InChI is InChI=1S/C10H12N2O5/c11-8(14)3-7(13)9(15)5-1-2-6(10(16)17)12-4-5/h1-2,4,7,9,13,15H,3H2,(H2,11,14)(H,16,17). The third kappa shape index (κ3) is 3.51. The zero-order chi connectivity index (χ0) is 13.0. The fourth-order valence-corrected chi connectivity index (χ4v) is 1.25. The van der Waals surface area contributed by atoms with E-state index in [9.17, 15) is 19.8 Å². The van der Waals surface area contributed by atoms with E-state index in [-0.39, 0.29) is 17.7 Å². The van der Waals surface area contributed by atoms with Crippen molar-refractivity contribution in [2.45, 2.75) is 18.6 Å². The largest absolute Gasteiger partial charge is 0.477 e. The topological polar surface area (TPSA) is 134 Å². The molecule has 0 saturated carbocycles. The molecule has 0 aliphatic rings. The molecule has 7 heteroatoms. The minimum Gasteiger partial charge on any atom is -0.477 e. The van der Waals surface area contributed by atoms with Gasteiger partial charge < -0.3 is 21.1 Å². The van der Waals surface area contributed by atoms with Crippen LogP contribution in [0.5, 0.6) is 0 Å². The molecule has 5 N–H and O–H groups in total. The van der Waals surface area contributed by atoms with Crippen molar-refractivity contribution in [2.75, 3.05) is 0 Å². The minimum absolute atomic E-state index is 0.176. The Balaban J connectivity index is 2.78. The summed E-state index contributed by atoms with van der Waals surface area (Å²) in [5.41, 5.74) is 4.91. The molecule has 92 valence electrons. The Bertz CT molecular complexity index is 417. The molecule has 0 spiro atoms. The van der Waals surface area contributed by atoms with Gasteiger partial charge in [-0.2, -0.15) is 0 Å². The molecule has 0 radical (unpaired) electrons. The maximum absolute atomic E-state index is 10.5. The first-order valence-corrected chi connectivity index (χ1v) is 4.75. The van der Waals surface area contributed by atoms with Gasteiger partial charge >= 0.3 is 5.97 Å². The third-order valence-corrected chi connectivity index (χ3v) is 2.12. The van der Waals surface area contributed by atoms with Crippen LogP contribution in [0.4, 0.5) is 0 Å². The number of nitrogens with zero attached hydrogens (tertiary/aromatic N) is 1. The van der Waals surface area contributed by atoms with Crippen LogP contribution in [0.25, 0.3) is 0 Å². The molecule has 7 nitrogen and oxygen atoms in total. The van der Waals surface area contributed by atoms with Crippen LogP contribution in [-0.4, -0.2) is 38.3 Å². The fraction of sp³-hybridized carbons (Fsp3) is 0.300. The minimum atomic E-state index is -1.34. The molecule has 1 aromatic heterocycles. The number of hydrogen-bond acceptors (Lipinski definition) is 5. The first-order chi connectivity index (χ1) is 7.91. The number of aliphatic hydroxyl groups is 2. The quantitative estimate of drug-likeness (QED) is 0.524. The van der Waals surface area contributed by atoms with Crippen LogP contribution >= 0.6 is 0 Å². The molecule has 0 aliphatic heterocycles. The normalized spacial score (nSPS) is 14.0. The van der Waals surface area contributed by atoms with Gasteiger partial charge in [0.05, 0.1) is 12.5 Å². The first-order valence-electron chi connectivity index (χ1n) is 4.75. The molecular weight excluding hydrogens is 228 g/mol. The Morgan fingerprint density at radius 3 is 2.41 bits per heavy atom. The van der Waals surface area contributed by atoms with Crippen LogP contribution in [0.3, 0.4) is 0 Å². The van der Waals surface area contributed by atoms with Gasteiger partial charge in [0.15, 0.2) is 0 Å². The number of carboxylic acids is 1. The van der Waals surface area contributed by atoms with Crippen molar-refractivity contribution in [3.63, 3.8) is 0 Å². The highest BCUT2D eigenvalue weighted by Gasteiger charge is 2.20. The van der Waals surface area contributed by atoms with Gasteiger partial charge in [-0.05, 0) is 6.07 Å². The molecule has 1 rings (SSSR count). The average Bonchev–Trinajstić information content (AvgIpc) is 2.27. The molecule has 17 heavy (non-hydrogen) atoms. The van der Waals surface area contributed by atoms with Gasteiger partial charge in [-0.25, -0.2) is 9.78 Å². The third-order valence-electron chi connectivity index (χ3n) is 2.12.